The largest absolute Gasteiger partial charge is 0.497 e. The maximum Gasteiger partial charge on any atom is 0.121 e. The Morgan fingerprint density at radius 3 is 2.06 bits per heavy atom. The fourth-order valence-electron chi connectivity index (χ4n) is 2.10. The van der Waals surface area contributed by atoms with E-state index in [2.05, 4.69) is 38.7 Å². The first kappa shape index (κ1) is 14.7. The lowest BCUT2D eigenvalue weighted by Gasteiger charge is -2.29. The van der Waals surface area contributed by atoms with E-state index in [1.807, 2.05) is 12.1 Å². The number of nitrogens with zero attached hydrogens (tertiary/aromatic N) is 1. The molecule has 1 rings (SSSR count). The number of hydrogen-bond donors (Lipinski definition) is 1. The number of methoxy groups -OCH3 is 1. The Labute approximate surface area is 111 Å². The van der Waals surface area contributed by atoms with Crippen molar-refractivity contribution in [1.82, 2.24) is 0 Å². The first-order valence-electron chi connectivity index (χ1n) is 6.62. The van der Waals surface area contributed by atoms with E-state index in [9.17, 15) is 0 Å². The molecule has 0 spiro atoms. The molecule has 0 saturated carbocycles. The van der Waals surface area contributed by atoms with Crippen LogP contribution in [0.4, 0.5) is 11.4 Å². The van der Waals surface area contributed by atoms with Gasteiger partial charge in [-0.2, -0.15) is 0 Å². The third kappa shape index (κ3) is 4.13. The van der Waals surface area contributed by atoms with E-state index in [1.54, 1.807) is 7.11 Å². The molecule has 1 aromatic carbocycles. The molecule has 0 bridgehead atoms. The summed E-state index contributed by atoms with van der Waals surface area (Å²) in [6.45, 7) is 11.0. The standard InChI is InChI=1S/C15H26N2O/c1-11(2)9-17(10-12(3)4)15-7-6-13(18-5)8-14(15)16/h6-8,11-12H,9-10,16H2,1-5H3. The van der Waals surface area contributed by atoms with Gasteiger partial charge in [0.1, 0.15) is 5.75 Å². The molecule has 3 heteroatoms. The van der Waals surface area contributed by atoms with Crippen LogP contribution in [0, 0.1) is 11.8 Å². The number of ether oxygens (including phenoxy) is 1. The summed E-state index contributed by atoms with van der Waals surface area (Å²) in [5, 5.41) is 0. The Morgan fingerprint density at radius 1 is 1.11 bits per heavy atom. The number of anilines is 2. The van der Waals surface area contributed by atoms with E-state index in [4.69, 9.17) is 10.5 Å². The van der Waals surface area contributed by atoms with Crippen LogP contribution < -0.4 is 15.4 Å². The first-order chi connectivity index (χ1) is 8.43. The summed E-state index contributed by atoms with van der Waals surface area (Å²) in [5.74, 6) is 2.04. The molecule has 0 amide bonds. The molecular formula is C15H26N2O. The van der Waals surface area contributed by atoms with Crippen LogP contribution in [0.3, 0.4) is 0 Å². The normalized spacial score (nSPS) is 11.1. The van der Waals surface area contributed by atoms with Gasteiger partial charge in [0.2, 0.25) is 0 Å². The number of rotatable bonds is 6. The summed E-state index contributed by atoms with van der Waals surface area (Å²) in [7, 11) is 1.66. The molecule has 0 aliphatic carbocycles. The minimum absolute atomic E-state index is 0.616. The lowest BCUT2D eigenvalue weighted by molar-refractivity contribution is 0.415. The third-order valence-corrected chi connectivity index (χ3v) is 2.75. The van der Waals surface area contributed by atoms with Gasteiger partial charge < -0.3 is 15.4 Å². The van der Waals surface area contributed by atoms with E-state index < -0.39 is 0 Å². The highest BCUT2D eigenvalue weighted by atomic mass is 16.5. The molecule has 0 saturated heterocycles. The van der Waals surface area contributed by atoms with Gasteiger partial charge in [-0.15, -0.1) is 0 Å². The van der Waals surface area contributed by atoms with Gasteiger partial charge in [0, 0.05) is 19.2 Å². The molecule has 1 aromatic rings. The highest BCUT2D eigenvalue weighted by molar-refractivity contribution is 5.69. The van der Waals surface area contributed by atoms with Crippen molar-refractivity contribution in [2.75, 3.05) is 30.8 Å². The second-order valence-electron chi connectivity index (χ2n) is 5.62. The number of benzene rings is 1. The van der Waals surface area contributed by atoms with E-state index in [-0.39, 0.29) is 0 Å². The molecule has 3 nitrogen and oxygen atoms in total. The van der Waals surface area contributed by atoms with Crippen LogP contribution in [0.2, 0.25) is 0 Å². The summed E-state index contributed by atoms with van der Waals surface area (Å²) in [6.07, 6.45) is 0. The monoisotopic (exact) mass is 250 g/mol. The lowest BCUT2D eigenvalue weighted by atomic mass is 10.1. The van der Waals surface area contributed by atoms with Crippen LogP contribution in [-0.4, -0.2) is 20.2 Å². The molecule has 18 heavy (non-hydrogen) atoms. The molecule has 0 aromatic heterocycles. The second kappa shape index (κ2) is 6.53. The molecule has 102 valence electrons. The van der Waals surface area contributed by atoms with Crippen molar-refractivity contribution < 1.29 is 4.74 Å². The Bertz CT molecular complexity index is 365. The molecular weight excluding hydrogens is 224 g/mol. The molecule has 0 fully saturated rings. The van der Waals surface area contributed by atoms with Crippen LogP contribution in [0.15, 0.2) is 18.2 Å². The van der Waals surface area contributed by atoms with Crippen molar-refractivity contribution in [1.29, 1.82) is 0 Å². The first-order valence-corrected chi connectivity index (χ1v) is 6.62. The van der Waals surface area contributed by atoms with Crippen LogP contribution in [-0.2, 0) is 0 Å². The van der Waals surface area contributed by atoms with E-state index in [1.165, 1.54) is 0 Å². The zero-order valence-electron chi connectivity index (χ0n) is 12.2. The SMILES string of the molecule is COc1ccc(N(CC(C)C)CC(C)C)c(N)c1. The van der Waals surface area contributed by atoms with E-state index in [0.29, 0.717) is 11.8 Å². The zero-order chi connectivity index (χ0) is 13.7. The smallest absolute Gasteiger partial charge is 0.121 e. The predicted octanol–water partition coefficient (Wildman–Crippen LogP) is 3.40. The van der Waals surface area contributed by atoms with Gasteiger partial charge in [-0.05, 0) is 24.0 Å². The van der Waals surface area contributed by atoms with Crippen molar-refractivity contribution in [3.05, 3.63) is 18.2 Å². The van der Waals surface area contributed by atoms with Gasteiger partial charge in [0.15, 0.2) is 0 Å². The van der Waals surface area contributed by atoms with Crippen molar-refractivity contribution >= 4 is 11.4 Å². The van der Waals surface area contributed by atoms with Crippen LogP contribution in [0.25, 0.3) is 0 Å². The quantitative estimate of drug-likeness (QED) is 0.786. The van der Waals surface area contributed by atoms with Gasteiger partial charge in [-0.25, -0.2) is 0 Å². The van der Waals surface area contributed by atoms with Crippen LogP contribution in [0.1, 0.15) is 27.7 Å². The zero-order valence-corrected chi connectivity index (χ0v) is 12.2. The summed E-state index contributed by atoms with van der Waals surface area (Å²) in [5.41, 5.74) is 8.02. The fourth-order valence-corrected chi connectivity index (χ4v) is 2.10. The third-order valence-electron chi connectivity index (χ3n) is 2.75. The second-order valence-corrected chi connectivity index (χ2v) is 5.62. The summed E-state index contributed by atoms with van der Waals surface area (Å²) < 4.78 is 5.19. The summed E-state index contributed by atoms with van der Waals surface area (Å²) in [4.78, 5) is 2.37. The Kier molecular flexibility index (Phi) is 5.32. The van der Waals surface area contributed by atoms with Gasteiger partial charge in [0.25, 0.3) is 0 Å². The maximum atomic E-state index is 6.13. The topological polar surface area (TPSA) is 38.5 Å². The molecule has 2 N–H and O–H groups in total. The predicted molar refractivity (Wildman–Crippen MR) is 79.3 cm³/mol. The van der Waals surface area contributed by atoms with Gasteiger partial charge in [-0.1, -0.05) is 27.7 Å². The average molecular weight is 250 g/mol. The van der Waals surface area contributed by atoms with Crippen LogP contribution in [0.5, 0.6) is 5.75 Å². The number of hydrogen-bond acceptors (Lipinski definition) is 3. The number of nitrogens with two attached hydrogens (primary N) is 1. The van der Waals surface area contributed by atoms with Gasteiger partial charge >= 0.3 is 0 Å². The van der Waals surface area contributed by atoms with E-state index >= 15 is 0 Å². The molecule has 0 aliphatic rings. The van der Waals surface area contributed by atoms with Gasteiger partial charge in [-0.3, -0.25) is 0 Å². The minimum Gasteiger partial charge on any atom is -0.497 e. The van der Waals surface area contributed by atoms with Crippen molar-refractivity contribution in [3.8, 4) is 5.75 Å². The molecule has 0 atom stereocenters. The van der Waals surface area contributed by atoms with E-state index in [0.717, 1.165) is 30.2 Å². The molecule has 0 heterocycles. The van der Waals surface area contributed by atoms with Gasteiger partial charge in [0.05, 0.1) is 18.5 Å². The fraction of sp³-hybridized carbons (Fsp3) is 0.600. The maximum absolute atomic E-state index is 6.13. The van der Waals surface area contributed by atoms with Crippen molar-refractivity contribution in [2.45, 2.75) is 27.7 Å². The highest BCUT2D eigenvalue weighted by Crippen LogP contribution is 2.28. The van der Waals surface area contributed by atoms with Crippen LogP contribution >= 0.6 is 0 Å². The average Bonchev–Trinajstić information content (AvgIpc) is 2.26. The van der Waals surface area contributed by atoms with Crippen molar-refractivity contribution in [3.63, 3.8) is 0 Å². The Balaban J connectivity index is 2.96. The Hall–Kier alpha value is -1.38. The minimum atomic E-state index is 0.616. The number of nitrogen functional groups attached to an aromatic ring is 1. The molecule has 0 aliphatic heterocycles. The lowest BCUT2D eigenvalue weighted by Crippen LogP contribution is -2.31. The summed E-state index contributed by atoms with van der Waals surface area (Å²) in [6, 6.07) is 5.92. The molecule has 0 unspecified atom stereocenters. The Morgan fingerprint density at radius 2 is 1.67 bits per heavy atom. The molecule has 0 radical (unpaired) electrons. The summed E-state index contributed by atoms with van der Waals surface area (Å²) >= 11 is 0. The van der Waals surface area contributed by atoms with Crippen molar-refractivity contribution in [2.24, 2.45) is 11.8 Å². The highest BCUT2D eigenvalue weighted by Gasteiger charge is 2.13.